The Kier molecular flexibility index (Phi) is 7.50. The summed E-state index contributed by atoms with van der Waals surface area (Å²) in [6, 6.07) is -0.234. The number of rotatable bonds is 7. The van der Waals surface area contributed by atoms with E-state index in [1.807, 2.05) is 6.92 Å². The minimum atomic E-state index is -0.837. The number of carbonyl (C=O) groups is 2. The Morgan fingerprint density at radius 3 is 2.57 bits per heavy atom. The summed E-state index contributed by atoms with van der Waals surface area (Å²) in [6.45, 7) is 9.59. The number of nitrogens with one attached hydrogen (secondary N) is 1. The van der Waals surface area contributed by atoms with E-state index < -0.39 is 5.97 Å². The Labute approximate surface area is 127 Å². The smallest absolute Gasteiger partial charge is 0.317 e. The van der Waals surface area contributed by atoms with Crippen molar-refractivity contribution in [2.24, 2.45) is 0 Å². The van der Waals surface area contributed by atoms with Crippen molar-refractivity contribution >= 4 is 12.0 Å². The highest BCUT2D eigenvalue weighted by Gasteiger charge is 2.29. The SMILES string of the molecule is CCN(CC)CC(C)NC(=O)N1CCCCC1CC(=O)O. The molecule has 6 heteroatoms. The van der Waals surface area contributed by atoms with Gasteiger partial charge in [0.1, 0.15) is 0 Å². The maximum absolute atomic E-state index is 12.4. The van der Waals surface area contributed by atoms with Gasteiger partial charge in [0.25, 0.3) is 0 Å². The van der Waals surface area contributed by atoms with Crippen molar-refractivity contribution < 1.29 is 14.7 Å². The summed E-state index contributed by atoms with van der Waals surface area (Å²) in [5.74, 6) is -0.837. The summed E-state index contributed by atoms with van der Waals surface area (Å²) >= 11 is 0. The predicted molar refractivity (Wildman–Crippen MR) is 82.4 cm³/mol. The molecule has 0 spiro atoms. The molecule has 1 saturated heterocycles. The van der Waals surface area contributed by atoms with Gasteiger partial charge in [0.05, 0.1) is 6.42 Å². The largest absolute Gasteiger partial charge is 0.481 e. The molecule has 6 nitrogen and oxygen atoms in total. The minimum Gasteiger partial charge on any atom is -0.481 e. The third-order valence-electron chi connectivity index (χ3n) is 4.09. The Morgan fingerprint density at radius 2 is 2.00 bits per heavy atom. The van der Waals surface area contributed by atoms with E-state index >= 15 is 0 Å². The van der Waals surface area contributed by atoms with Crippen LogP contribution in [-0.2, 0) is 4.79 Å². The minimum absolute atomic E-state index is 0.0395. The van der Waals surface area contributed by atoms with Gasteiger partial charge in [-0.2, -0.15) is 0 Å². The lowest BCUT2D eigenvalue weighted by Gasteiger charge is -2.36. The first kappa shape index (κ1) is 17.8. The van der Waals surface area contributed by atoms with Gasteiger partial charge < -0.3 is 20.2 Å². The summed E-state index contributed by atoms with van der Waals surface area (Å²) in [6.07, 6.45) is 2.77. The number of likely N-dealkylation sites (N-methyl/N-ethyl adjacent to an activating group) is 1. The zero-order valence-corrected chi connectivity index (χ0v) is 13.5. The standard InChI is InChI=1S/C15H29N3O3/c1-4-17(5-2)11-12(3)16-15(21)18-9-7-6-8-13(18)10-14(19)20/h12-13H,4-11H2,1-3H3,(H,16,21)(H,19,20). The van der Waals surface area contributed by atoms with Crippen LogP contribution in [0, 0.1) is 0 Å². The number of hydrogen-bond donors (Lipinski definition) is 2. The van der Waals surface area contributed by atoms with E-state index in [0.29, 0.717) is 6.54 Å². The van der Waals surface area contributed by atoms with Crippen molar-refractivity contribution in [1.82, 2.24) is 15.1 Å². The highest BCUT2D eigenvalue weighted by molar-refractivity contribution is 5.76. The third-order valence-corrected chi connectivity index (χ3v) is 4.09. The number of carbonyl (C=O) groups excluding carboxylic acids is 1. The fourth-order valence-corrected chi connectivity index (χ4v) is 2.89. The normalized spacial score (nSPS) is 20.4. The monoisotopic (exact) mass is 299 g/mol. The van der Waals surface area contributed by atoms with Crippen LogP contribution in [0.15, 0.2) is 0 Å². The van der Waals surface area contributed by atoms with Crippen molar-refractivity contribution in [3.05, 3.63) is 0 Å². The van der Waals surface area contributed by atoms with Gasteiger partial charge in [-0.15, -0.1) is 0 Å². The first-order chi connectivity index (χ1) is 9.97. The highest BCUT2D eigenvalue weighted by Crippen LogP contribution is 2.19. The second-order valence-electron chi connectivity index (χ2n) is 5.78. The van der Waals surface area contributed by atoms with Crippen LogP contribution in [0.1, 0.15) is 46.5 Å². The Hall–Kier alpha value is -1.30. The van der Waals surface area contributed by atoms with Crippen LogP contribution in [-0.4, -0.2) is 65.2 Å². The molecule has 21 heavy (non-hydrogen) atoms. The number of hydrogen-bond acceptors (Lipinski definition) is 3. The number of carboxylic acid groups (broad SMARTS) is 1. The van der Waals surface area contributed by atoms with Crippen molar-refractivity contribution in [2.45, 2.75) is 58.5 Å². The molecule has 0 aromatic heterocycles. The average Bonchev–Trinajstić information content (AvgIpc) is 2.44. The third kappa shape index (κ3) is 5.91. The molecule has 122 valence electrons. The Morgan fingerprint density at radius 1 is 1.33 bits per heavy atom. The molecule has 1 fully saturated rings. The number of piperidine rings is 1. The number of likely N-dealkylation sites (tertiary alicyclic amines) is 1. The Balaban J connectivity index is 2.53. The molecule has 2 atom stereocenters. The molecular weight excluding hydrogens is 270 g/mol. The fourth-order valence-electron chi connectivity index (χ4n) is 2.89. The number of carboxylic acids is 1. The first-order valence-corrected chi connectivity index (χ1v) is 7.99. The molecular formula is C15H29N3O3. The summed E-state index contributed by atoms with van der Waals surface area (Å²) in [4.78, 5) is 27.2. The molecule has 0 aromatic carbocycles. The van der Waals surface area contributed by atoms with E-state index in [2.05, 4.69) is 24.1 Å². The van der Waals surface area contributed by atoms with Gasteiger partial charge in [0.15, 0.2) is 0 Å². The zero-order valence-electron chi connectivity index (χ0n) is 13.5. The summed E-state index contributed by atoms with van der Waals surface area (Å²) in [5, 5.41) is 12.0. The quantitative estimate of drug-likeness (QED) is 0.751. The second kappa shape index (κ2) is 8.87. The van der Waals surface area contributed by atoms with E-state index in [1.54, 1.807) is 4.90 Å². The van der Waals surface area contributed by atoms with Gasteiger partial charge in [0.2, 0.25) is 0 Å². The first-order valence-electron chi connectivity index (χ1n) is 7.99. The topological polar surface area (TPSA) is 72.9 Å². The number of urea groups is 1. The van der Waals surface area contributed by atoms with E-state index in [0.717, 1.165) is 38.9 Å². The maximum Gasteiger partial charge on any atom is 0.317 e. The van der Waals surface area contributed by atoms with Crippen LogP contribution in [0.4, 0.5) is 4.79 Å². The van der Waals surface area contributed by atoms with Crippen LogP contribution in [0.3, 0.4) is 0 Å². The number of amides is 2. The van der Waals surface area contributed by atoms with E-state index in [1.165, 1.54) is 0 Å². The lowest BCUT2D eigenvalue weighted by Crippen LogP contribution is -2.53. The van der Waals surface area contributed by atoms with E-state index in [4.69, 9.17) is 5.11 Å². The second-order valence-corrected chi connectivity index (χ2v) is 5.78. The van der Waals surface area contributed by atoms with E-state index in [9.17, 15) is 9.59 Å². The predicted octanol–water partition coefficient (Wildman–Crippen LogP) is 1.76. The van der Waals surface area contributed by atoms with Crippen LogP contribution < -0.4 is 5.32 Å². The lowest BCUT2D eigenvalue weighted by atomic mass is 10.00. The van der Waals surface area contributed by atoms with Gasteiger partial charge in [-0.1, -0.05) is 13.8 Å². The molecule has 0 aromatic rings. The average molecular weight is 299 g/mol. The van der Waals surface area contributed by atoms with Crippen molar-refractivity contribution in [2.75, 3.05) is 26.2 Å². The van der Waals surface area contributed by atoms with Crippen molar-refractivity contribution in [3.8, 4) is 0 Å². The fraction of sp³-hybridized carbons (Fsp3) is 0.867. The molecule has 2 N–H and O–H groups in total. The zero-order chi connectivity index (χ0) is 15.8. The van der Waals surface area contributed by atoms with Gasteiger partial charge in [0, 0.05) is 25.2 Å². The van der Waals surface area contributed by atoms with Gasteiger partial charge >= 0.3 is 12.0 Å². The summed E-state index contributed by atoms with van der Waals surface area (Å²) < 4.78 is 0. The summed E-state index contributed by atoms with van der Waals surface area (Å²) in [5.41, 5.74) is 0. The Bertz CT molecular complexity index is 345. The van der Waals surface area contributed by atoms with Crippen LogP contribution in [0.5, 0.6) is 0 Å². The maximum atomic E-state index is 12.4. The molecule has 2 amide bonds. The molecule has 0 aliphatic carbocycles. The van der Waals surface area contributed by atoms with Crippen molar-refractivity contribution in [1.29, 1.82) is 0 Å². The van der Waals surface area contributed by atoms with Gasteiger partial charge in [-0.3, -0.25) is 4.79 Å². The van der Waals surface area contributed by atoms with E-state index in [-0.39, 0.29) is 24.5 Å². The molecule has 1 heterocycles. The molecule has 0 bridgehead atoms. The van der Waals surface area contributed by atoms with Crippen molar-refractivity contribution in [3.63, 3.8) is 0 Å². The number of nitrogens with zero attached hydrogens (tertiary/aromatic N) is 2. The van der Waals surface area contributed by atoms with Crippen LogP contribution in [0.2, 0.25) is 0 Å². The molecule has 1 aliphatic rings. The molecule has 1 aliphatic heterocycles. The molecule has 0 saturated carbocycles. The van der Waals surface area contributed by atoms with Gasteiger partial charge in [-0.05, 0) is 39.3 Å². The molecule has 2 unspecified atom stereocenters. The van der Waals surface area contributed by atoms with Crippen LogP contribution in [0.25, 0.3) is 0 Å². The number of aliphatic carboxylic acids is 1. The van der Waals surface area contributed by atoms with Gasteiger partial charge in [-0.25, -0.2) is 4.79 Å². The molecule has 0 radical (unpaired) electrons. The lowest BCUT2D eigenvalue weighted by molar-refractivity contribution is -0.138. The highest BCUT2D eigenvalue weighted by atomic mass is 16.4. The summed E-state index contributed by atoms with van der Waals surface area (Å²) in [7, 11) is 0. The van der Waals surface area contributed by atoms with Crippen LogP contribution >= 0.6 is 0 Å². The molecule has 1 rings (SSSR count).